The molecule has 0 unspecified atom stereocenters. The monoisotopic (exact) mass is 290 g/mol. The summed E-state index contributed by atoms with van der Waals surface area (Å²) in [6.07, 6.45) is 1.69. The third kappa shape index (κ3) is 130. The average molecular weight is 290 g/mol. The number of rotatable bonds is 0. The first-order valence-electron chi connectivity index (χ1n) is 1.20. The molecule has 8 heavy (non-hydrogen) atoms. The summed E-state index contributed by atoms with van der Waals surface area (Å²) in [7, 11) is 0.500. The van der Waals surface area contributed by atoms with Crippen molar-refractivity contribution >= 4 is 35.2 Å². The maximum absolute atomic E-state index is 9.50. The van der Waals surface area contributed by atoms with Gasteiger partial charge in [-0.1, -0.05) is 22.6 Å². The van der Waals surface area contributed by atoms with Crippen molar-refractivity contribution in [2.45, 2.75) is 0 Å². The van der Waals surface area contributed by atoms with E-state index in [4.69, 9.17) is 0 Å². The first kappa shape index (κ1) is 33.6. The second-order valence-electron chi connectivity index (χ2n) is 0. The molecule has 1 radical (unpaired) electrons. The maximum Gasteiger partial charge on any atom is 0.0785 e. The van der Waals surface area contributed by atoms with Crippen LogP contribution in [-0.2, 0) is 18.6 Å². The van der Waals surface area contributed by atoms with Gasteiger partial charge in [-0.05, 0) is 11.2 Å². The molecule has 0 aromatic rings. The van der Waals surface area contributed by atoms with E-state index in [1.54, 1.807) is 6.26 Å². The fraction of sp³-hybridized carbons (Fsp3) is 0.750. The van der Waals surface area contributed by atoms with Crippen molar-refractivity contribution in [3.8, 4) is 0 Å². The Morgan fingerprint density at radius 1 is 1.12 bits per heavy atom. The van der Waals surface area contributed by atoms with Crippen molar-refractivity contribution in [1.82, 2.24) is 0 Å². The molecule has 4 heteroatoms. The summed E-state index contributed by atoms with van der Waals surface area (Å²) in [5.41, 5.74) is 0. The van der Waals surface area contributed by atoms with Gasteiger partial charge in [0.1, 0.15) is 0 Å². The number of halogens is 2. The zero-order chi connectivity index (χ0) is 6.00. The van der Waals surface area contributed by atoms with Crippen molar-refractivity contribution in [3.63, 3.8) is 0 Å². The van der Waals surface area contributed by atoms with E-state index in [9.17, 15) is 4.39 Å². The Morgan fingerprint density at radius 3 is 1.12 bits per heavy atom. The number of alkyl halides is 2. The van der Waals surface area contributed by atoms with Gasteiger partial charge in [-0.2, -0.15) is 12.6 Å². The van der Waals surface area contributed by atoms with Gasteiger partial charge in [-0.25, -0.2) is 0 Å². The zero-order valence-electron chi connectivity index (χ0n) is 5.65. The first-order chi connectivity index (χ1) is 3.00. The van der Waals surface area contributed by atoms with Gasteiger partial charge in [0.2, 0.25) is 0 Å². The number of hydrogen-bond donors (Lipinski definition) is 1. The molecule has 0 aromatic carbocycles. The van der Waals surface area contributed by atoms with Gasteiger partial charge in [0.25, 0.3) is 0 Å². The summed E-state index contributed by atoms with van der Waals surface area (Å²) in [5, 5.41) is 0. The minimum absolute atomic E-state index is 0. The fourth-order valence-electron chi connectivity index (χ4n) is 0. The van der Waals surface area contributed by atoms with E-state index in [1.807, 2.05) is 4.93 Å². The third-order valence-electron chi connectivity index (χ3n) is 0. The summed E-state index contributed by atoms with van der Waals surface area (Å²) < 4.78 is 9.50. The molecule has 0 N–H and O–H groups in total. The van der Waals surface area contributed by atoms with Crippen LogP contribution in [0.15, 0.2) is 0 Å². The molecule has 0 heterocycles. The van der Waals surface area contributed by atoms with Crippen LogP contribution < -0.4 is 0 Å². The van der Waals surface area contributed by atoms with Crippen molar-refractivity contribution in [3.05, 3.63) is 7.43 Å². The van der Waals surface area contributed by atoms with Gasteiger partial charge in [-0.15, -0.1) is 0 Å². The van der Waals surface area contributed by atoms with E-state index in [0.29, 0.717) is 7.18 Å². The molecule has 0 bridgehead atoms. The van der Waals surface area contributed by atoms with Crippen LogP contribution in [-0.4, -0.2) is 18.4 Å². The van der Waals surface area contributed by atoms with Crippen LogP contribution in [0.4, 0.5) is 4.39 Å². The summed E-state index contributed by atoms with van der Waals surface area (Å²) in [6, 6.07) is 0. The van der Waals surface area contributed by atoms with E-state index in [-0.39, 0.29) is 26.0 Å². The number of hydrogen-bond acceptors (Lipinski definition) is 1. The van der Waals surface area contributed by atoms with E-state index < -0.39 is 0 Å². The molecule has 0 saturated heterocycles. The quantitative estimate of drug-likeness (QED) is 0.301. The Kier molecular flexibility index (Phi) is 818. The minimum atomic E-state index is 0. The predicted molar refractivity (Wildman–Crippen MR) is 48.3 cm³/mol. The molecule has 0 aromatic heterocycles. The van der Waals surface area contributed by atoms with Crippen LogP contribution in [0.2, 0.25) is 0 Å². The predicted octanol–water partition coefficient (Wildman–Crippen LogP) is 2.63. The van der Waals surface area contributed by atoms with Crippen molar-refractivity contribution in [1.29, 1.82) is 0 Å². The summed E-state index contributed by atoms with van der Waals surface area (Å²) >= 11 is 5.68. The molecule has 55 valence electrons. The molecule has 0 aliphatic rings. The maximum atomic E-state index is 9.50. The van der Waals surface area contributed by atoms with Crippen molar-refractivity contribution in [2.24, 2.45) is 0 Å². The first-order valence-corrected chi connectivity index (χ1v) is 4.26. The molecule has 0 spiro atoms. The van der Waals surface area contributed by atoms with Gasteiger partial charge < -0.3 is 7.43 Å². The SMILES string of the molecule is CF.CI.CS.[CH3-].[V]. The molecule has 0 aliphatic carbocycles. The van der Waals surface area contributed by atoms with Crippen LogP contribution in [0.25, 0.3) is 0 Å². The van der Waals surface area contributed by atoms with Crippen LogP contribution in [0.3, 0.4) is 0 Å². The molecular formula is C4H13FISV-. The van der Waals surface area contributed by atoms with Crippen LogP contribution in [0, 0.1) is 7.43 Å². The average Bonchev–Trinajstić information content (AvgIpc) is 1.81. The fourth-order valence-corrected chi connectivity index (χ4v) is 0. The largest absolute Gasteiger partial charge is 0.358 e. The topological polar surface area (TPSA) is 0 Å². The molecule has 0 aliphatic heterocycles. The van der Waals surface area contributed by atoms with Crippen molar-refractivity contribution < 1.29 is 22.9 Å². The van der Waals surface area contributed by atoms with E-state index in [0.717, 1.165) is 0 Å². The normalized spacial score (nSPS) is 2.25. The van der Waals surface area contributed by atoms with Crippen LogP contribution in [0.1, 0.15) is 0 Å². The summed E-state index contributed by atoms with van der Waals surface area (Å²) in [6.45, 7) is 0. The molecule has 0 amide bonds. The van der Waals surface area contributed by atoms with Gasteiger partial charge in [0.15, 0.2) is 0 Å². The van der Waals surface area contributed by atoms with Crippen molar-refractivity contribution in [2.75, 3.05) is 18.4 Å². The van der Waals surface area contributed by atoms with Gasteiger partial charge >= 0.3 is 0 Å². The molecule has 0 fully saturated rings. The number of thiol groups is 1. The van der Waals surface area contributed by atoms with E-state index in [1.165, 1.54) is 0 Å². The Labute approximate surface area is 83.4 Å². The summed E-state index contributed by atoms with van der Waals surface area (Å²) in [4.78, 5) is 1.97. The van der Waals surface area contributed by atoms with Crippen LogP contribution in [0.5, 0.6) is 0 Å². The Morgan fingerprint density at radius 2 is 1.12 bits per heavy atom. The summed E-state index contributed by atoms with van der Waals surface area (Å²) in [5.74, 6) is 0. The second-order valence-corrected chi connectivity index (χ2v) is 0. The third-order valence-corrected chi connectivity index (χ3v) is 0. The van der Waals surface area contributed by atoms with E-state index in [2.05, 4.69) is 35.2 Å². The van der Waals surface area contributed by atoms with Gasteiger partial charge in [-0.3, -0.25) is 4.39 Å². The van der Waals surface area contributed by atoms with E-state index >= 15 is 0 Å². The smallest absolute Gasteiger partial charge is 0.0785 e. The molecule has 0 atom stereocenters. The Bertz CT molecular complexity index is 16.0. The molecule has 0 saturated carbocycles. The molecule has 0 nitrogen and oxygen atoms in total. The minimum Gasteiger partial charge on any atom is -0.358 e. The Balaban J connectivity index is -0.00000000500. The molecular weight excluding hydrogens is 277 g/mol. The zero-order valence-corrected chi connectivity index (χ0v) is 10.1. The van der Waals surface area contributed by atoms with Gasteiger partial charge in [0.05, 0.1) is 7.18 Å². The Hall–Kier alpha value is 1.59. The molecule has 0 rings (SSSR count). The standard InChI is InChI=1S/CH3F.CH3I.CH4S.CH3.V/c3*1-2;;/h2*1H3;2H,1H3;1H3;/q;;;-1;. The second kappa shape index (κ2) is 195. The van der Waals surface area contributed by atoms with Crippen LogP contribution >= 0.6 is 35.2 Å². The van der Waals surface area contributed by atoms with Gasteiger partial charge in [0, 0.05) is 18.6 Å².